The number of halogens is 3. The number of aromatic nitrogens is 2. The number of benzene rings is 1. The van der Waals surface area contributed by atoms with Gasteiger partial charge in [-0.3, -0.25) is 4.90 Å². The Morgan fingerprint density at radius 3 is 2.33 bits per heavy atom. The number of amides is 2. The van der Waals surface area contributed by atoms with Crippen LogP contribution in [-0.2, 0) is 16.2 Å². The highest BCUT2D eigenvalue weighted by molar-refractivity contribution is 7.90. The molecule has 0 spiro atoms. The number of hydrogen-bond donors (Lipinski definition) is 1. The number of urea groups is 1. The maximum atomic E-state index is 12.9. The topological polar surface area (TPSA) is 98.7 Å². The zero-order valence-electron chi connectivity index (χ0n) is 17.6. The minimum absolute atomic E-state index is 0.0492. The molecule has 4 rings (SSSR count). The lowest BCUT2D eigenvalue weighted by molar-refractivity contribution is -0.137. The first-order valence-corrected chi connectivity index (χ1v) is 11.9. The number of carbonyl (C=O) groups excluding carboxylic acids is 1. The third kappa shape index (κ3) is 5.03. The molecule has 178 valence electrons. The summed E-state index contributed by atoms with van der Waals surface area (Å²) >= 11 is 0. The number of unbranched alkanes of at least 4 members (excludes halogenated alkanes) is 1. The van der Waals surface area contributed by atoms with Crippen molar-refractivity contribution >= 4 is 27.7 Å². The lowest BCUT2D eigenvalue weighted by Gasteiger charge is -2.34. The summed E-state index contributed by atoms with van der Waals surface area (Å²) in [7, 11) is -4.22. The number of nitrogens with one attached hydrogen (secondary N) is 1. The lowest BCUT2D eigenvalue weighted by Crippen LogP contribution is -2.47. The summed E-state index contributed by atoms with van der Waals surface area (Å²) in [5, 5.41) is 2.27. The number of sulfonamides is 1. The molecule has 2 amide bonds. The molecule has 1 aromatic heterocycles. The van der Waals surface area contributed by atoms with Crippen LogP contribution in [0.3, 0.4) is 0 Å². The SMILES string of the molecule is O=C1Nc2cc(C(F)(F)F)ccc2S(=O)(=O)N1CCCCN1CCN(c2ncccn2)CC1. The van der Waals surface area contributed by atoms with E-state index in [4.69, 9.17) is 0 Å². The molecule has 13 heteroatoms. The first kappa shape index (κ1) is 23.2. The number of rotatable bonds is 6. The van der Waals surface area contributed by atoms with E-state index in [1.165, 1.54) is 0 Å². The van der Waals surface area contributed by atoms with Gasteiger partial charge in [-0.05, 0) is 43.7 Å². The number of carbonyl (C=O) groups is 1. The smallest absolute Gasteiger partial charge is 0.338 e. The molecule has 0 radical (unpaired) electrons. The quantitative estimate of drug-likeness (QED) is 0.630. The van der Waals surface area contributed by atoms with Crippen LogP contribution in [0.15, 0.2) is 41.6 Å². The third-order valence-corrected chi connectivity index (χ3v) is 7.48. The molecule has 0 unspecified atom stereocenters. The van der Waals surface area contributed by atoms with Crippen molar-refractivity contribution in [1.82, 2.24) is 19.2 Å². The second-order valence-corrected chi connectivity index (χ2v) is 9.63. The van der Waals surface area contributed by atoms with Gasteiger partial charge in [0.05, 0.1) is 11.3 Å². The fourth-order valence-electron chi connectivity index (χ4n) is 3.87. The summed E-state index contributed by atoms with van der Waals surface area (Å²) in [6.45, 7) is 3.88. The molecule has 2 aliphatic heterocycles. The van der Waals surface area contributed by atoms with Crippen LogP contribution in [-0.4, -0.2) is 72.9 Å². The predicted molar refractivity (Wildman–Crippen MR) is 114 cm³/mol. The molecule has 1 fully saturated rings. The molecule has 1 aromatic carbocycles. The molecular formula is C20H23F3N6O3S. The van der Waals surface area contributed by atoms with Gasteiger partial charge in [0.1, 0.15) is 4.90 Å². The van der Waals surface area contributed by atoms with Crippen molar-refractivity contribution in [3.63, 3.8) is 0 Å². The predicted octanol–water partition coefficient (Wildman–Crippen LogP) is 2.63. The molecule has 3 heterocycles. The maximum Gasteiger partial charge on any atom is 0.416 e. The lowest BCUT2D eigenvalue weighted by atomic mass is 10.2. The molecule has 33 heavy (non-hydrogen) atoms. The standard InChI is InChI=1S/C20H23F3N6O3S/c21-20(22,23)15-4-5-17-16(14-15)26-19(30)29(33(17,31)32)9-2-1-8-27-10-12-28(13-11-27)18-24-6-3-7-25-18/h3-7,14H,1-2,8-13H2,(H,26,30). The van der Waals surface area contributed by atoms with Crippen LogP contribution in [0.5, 0.6) is 0 Å². The number of piperazine rings is 1. The van der Waals surface area contributed by atoms with Gasteiger partial charge >= 0.3 is 12.2 Å². The highest BCUT2D eigenvalue weighted by Gasteiger charge is 2.39. The summed E-state index contributed by atoms with van der Waals surface area (Å²) in [6.07, 6.45) is -0.133. The zero-order valence-corrected chi connectivity index (χ0v) is 18.4. The van der Waals surface area contributed by atoms with Crippen LogP contribution < -0.4 is 10.2 Å². The highest BCUT2D eigenvalue weighted by Crippen LogP contribution is 2.36. The van der Waals surface area contributed by atoms with Gasteiger partial charge in [-0.1, -0.05) is 0 Å². The molecule has 0 atom stereocenters. The fourth-order valence-corrected chi connectivity index (χ4v) is 5.37. The summed E-state index contributed by atoms with van der Waals surface area (Å²) < 4.78 is 65.0. The van der Waals surface area contributed by atoms with E-state index in [1.54, 1.807) is 18.5 Å². The first-order chi connectivity index (χ1) is 15.7. The molecule has 9 nitrogen and oxygen atoms in total. The Kier molecular flexibility index (Phi) is 6.43. The van der Waals surface area contributed by atoms with Crippen molar-refractivity contribution in [2.75, 3.05) is 49.5 Å². The third-order valence-electron chi connectivity index (χ3n) is 5.64. The fraction of sp³-hybridized carbons (Fsp3) is 0.450. The van der Waals surface area contributed by atoms with Gasteiger partial charge < -0.3 is 10.2 Å². The monoisotopic (exact) mass is 484 g/mol. The molecule has 2 aromatic rings. The summed E-state index contributed by atoms with van der Waals surface area (Å²) in [4.78, 5) is 24.8. The minimum atomic E-state index is -4.64. The van der Waals surface area contributed by atoms with E-state index in [0.717, 1.165) is 38.8 Å². The highest BCUT2D eigenvalue weighted by atomic mass is 32.2. The van der Waals surface area contributed by atoms with Crippen molar-refractivity contribution < 1.29 is 26.4 Å². The number of hydrogen-bond acceptors (Lipinski definition) is 7. The molecule has 2 aliphatic rings. The van der Waals surface area contributed by atoms with E-state index in [0.29, 0.717) is 35.2 Å². The average Bonchev–Trinajstić information content (AvgIpc) is 2.78. The Labute approximate surface area is 189 Å². The van der Waals surface area contributed by atoms with Crippen molar-refractivity contribution in [2.45, 2.75) is 23.9 Å². The summed E-state index contributed by atoms with van der Waals surface area (Å²) in [5.41, 5.74) is -1.38. The minimum Gasteiger partial charge on any atom is -0.338 e. The van der Waals surface area contributed by atoms with Gasteiger partial charge in [0, 0.05) is 45.1 Å². The van der Waals surface area contributed by atoms with E-state index < -0.39 is 27.8 Å². The normalized spacial score (nSPS) is 18.7. The van der Waals surface area contributed by atoms with E-state index in [9.17, 15) is 26.4 Å². The first-order valence-electron chi connectivity index (χ1n) is 10.5. The van der Waals surface area contributed by atoms with Gasteiger partial charge in [0.15, 0.2) is 0 Å². The number of fused-ring (bicyclic) bond motifs is 1. The van der Waals surface area contributed by atoms with Crippen LogP contribution in [0.2, 0.25) is 0 Å². The Hall–Kier alpha value is -2.93. The van der Waals surface area contributed by atoms with Crippen LogP contribution >= 0.6 is 0 Å². The van der Waals surface area contributed by atoms with Crippen molar-refractivity contribution in [1.29, 1.82) is 0 Å². The van der Waals surface area contributed by atoms with E-state index in [-0.39, 0.29) is 17.1 Å². The number of nitrogens with zero attached hydrogens (tertiary/aromatic N) is 5. The van der Waals surface area contributed by atoms with Gasteiger partial charge in [-0.15, -0.1) is 0 Å². The zero-order chi connectivity index (χ0) is 23.6. The van der Waals surface area contributed by atoms with Gasteiger partial charge in [0.2, 0.25) is 5.95 Å². The molecule has 0 saturated carbocycles. The Morgan fingerprint density at radius 1 is 1.00 bits per heavy atom. The van der Waals surface area contributed by atoms with Gasteiger partial charge in [-0.25, -0.2) is 27.5 Å². The number of alkyl halides is 3. The van der Waals surface area contributed by atoms with Crippen molar-refractivity contribution in [3.8, 4) is 0 Å². The van der Waals surface area contributed by atoms with E-state index in [1.807, 2.05) is 0 Å². The summed E-state index contributed by atoms with van der Waals surface area (Å²) in [6, 6.07) is 3.05. The molecular weight excluding hydrogens is 461 g/mol. The van der Waals surface area contributed by atoms with Crippen molar-refractivity contribution in [3.05, 3.63) is 42.2 Å². The van der Waals surface area contributed by atoms with Gasteiger partial charge in [0.25, 0.3) is 10.0 Å². The Balaban J connectivity index is 1.29. The molecule has 1 saturated heterocycles. The van der Waals surface area contributed by atoms with Gasteiger partial charge in [-0.2, -0.15) is 13.2 Å². The van der Waals surface area contributed by atoms with Crippen LogP contribution in [0.25, 0.3) is 0 Å². The Morgan fingerprint density at radius 2 is 1.67 bits per heavy atom. The molecule has 0 bridgehead atoms. The molecule has 0 aliphatic carbocycles. The van der Waals surface area contributed by atoms with Crippen LogP contribution in [0.4, 0.5) is 29.6 Å². The second-order valence-electron chi connectivity index (χ2n) is 7.80. The van der Waals surface area contributed by atoms with E-state index in [2.05, 4.69) is 25.1 Å². The maximum absolute atomic E-state index is 12.9. The largest absolute Gasteiger partial charge is 0.416 e. The number of anilines is 2. The van der Waals surface area contributed by atoms with E-state index >= 15 is 0 Å². The Bertz CT molecular complexity index is 1110. The van der Waals surface area contributed by atoms with Crippen LogP contribution in [0, 0.1) is 0 Å². The molecule has 1 N–H and O–H groups in total. The summed E-state index contributed by atoms with van der Waals surface area (Å²) in [5.74, 6) is 0.695. The average molecular weight is 485 g/mol. The van der Waals surface area contributed by atoms with Crippen molar-refractivity contribution in [2.24, 2.45) is 0 Å². The van der Waals surface area contributed by atoms with Crippen LogP contribution in [0.1, 0.15) is 18.4 Å². The second kappa shape index (κ2) is 9.14.